The van der Waals surface area contributed by atoms with Crippen molar-refractivity contribution in [2.75, 3.05) is 47.5 Å². The van der Waals surface area contributed by atoms with Crippen molar-refractivity contribution >= 4 is 19.8 Å². The van der Waals surface area contributed by atoms with E-state index in [0.717, 1.165) is 89.9 Å². The molecule has 0 spiro atoms. The first-order valence-corrected chi connectivity index (χ1v) is 34.5. The number of hydrogen-bond acceptors (Lipinski definition) is 7. The van der Waals surface area contributed by atoms with Crippen LogP contribution in [0.3, 0.4) is 0 Å². The fourth-order valence-electron chi connectivity index (χ4n) is 9.12. The summed E-state index contributed by atoms with van der Waals surface area (Å²) < 4.78 is 34.6. The van der Waals surface area contributed by atoms with Gasteiger partial charge in [0.1, 0.15) is 19.8 Å². The van der Waals surface area contributed by atoms with Crippen molar-refractivity contribution in [1.82, 2.24) is 0 Å². The van der Waals surface area contributed by atoms with Gasteiger partial charge in [-0.2, -0.15) is 0 Å². The van der Waals surface area contributed by atoms with Crippen molar-refractivity contribution in [3.63, 3.8) is 0 Å². The molecule has 0 aromatic carbocycles. The minimum Gasteiger partial charge on any atom is -0.462 e. The van der Waals surface area contributed by atoms with Crippen molar-refractivity contribution in [2.45, 2.75) is 290 Å². The number of phosphoric acid groups is 1. The molecular formula is C70H125NO8P+. The molecule has 0 bridgehead atoms. The lowest BCUT2D eigenvalue weighted by atomic mass is 10.0. The van der Waals surface area contributed by atoms with Gasteiger partial charge in [-0.1, -0.05) is 278 Å². The maximum Gasteiger partial charge on any atom is 0.472 e. The zero-order chi connectivity index (χ0) is 58.4. The molecule has 2 atom stereocenters. The summed E-state index contributed by atoms with van der Waals surface area (Å²) in [6.45, 7) is 4.20. The van der Waals surface area contributed by atoms with E-state index in [1.54, 1.807) is 0 Å². The topological polar surface area (TPSA) is 108 Å². The smallest absolute Gasteiger partial charge is 0.462 e. The van der Waals surface area contributed by atoms with Crippen LogP contribution in [0.25, 0.3) is 0 Å². The number of unbranched alkanes of at least 4 members (excludes halogenated alkanes) is 30. The molecule has 0 saturated heterocycles. The van der Waals surface area contributed by atoms with Crippen LogP contribution in [0.2, 0.25) is 0 Å². The summed E-state index contributed by atoms with van der Waals surface area (Å²) >= 11 is 0. The zero-order valence-corrected chi connectivity index (χ0v) is 53.4. The highest BCUT2D eigenvalue weighted by Crippen LogP contribution is 2.43. The molecule has 0 aliphatic rings. The number of carbonyl (C=O) groups excluding carboxylic acids is 2. The number of hydrogen-bond donors (Lipinski definition) is 1. The Morgan fingerprint density at radius 3 is 1.00 bits per heavy atom. The van der Waals surface area contributed by atoms with Crippen LogP contribution in [-0.2, 0) is 32.7 Å². The number of likely N-dealkylation sites (N-methyl/N-ethyl adjacent to an activating group) is 1. The summed E-state index contributed by atoms with van der Waals surface area (Å²) in [6.07, 6.45) is 83.8. The molecule has 10 heteroatoms. The Kier molecular flexibility index (Phi) is 58.2. The Morgan fingerprint density at radius 1 is 0.388 bits per heavy atom. The van der Waals surface area contributed by atoms with Gasteiger partial charge in [0.05, 0.1) is 27.7 Å². The van der Waals surface area contributed by atoms with Gasteiger partial charge in [-0.25, -0.2) is 4.57 Å². The Balaban J connectivity index is 3.95. The third kappa shape index (κ3) is 64.1. The molecule has 1 N–H and O–H groups in total. The molecule has 0 heterocycles. The number of carbonyl (C=O) groups is 2. The van der Waals surface area contributed by atoms with E-state index in [2.05, 4.69) is 111 Å². The molecule has 80 heavy (non-hydrogen) atoms. The first-order chi connectivity index (χ1) is 39.0. The van der Waals surface area contributed by atoms with Crippen LogP contribution in [-0.4, -0.2) is 74.9 Å². The summed E-state index contributed by atoms with van der Waals surface area (Å²) in [5, 5.41) is 0. The molecular weight excluding hydrogens is 1010 g/mol. The quantitative estimate of drug-likeness (QED) is 0.0211. The van der Waals surface area contributed by atoms with Crippen molar-refractivity contribution in [1.29, 1.82) is 0 Å². The number of ether oxygens (including phenoxy) is 2. The highest BCUT2D eigenvalue weighted by atomic mass is 31.2. The summed E-state index contributed by atoms with van der Waals surface area (Å²) in [5.41, 5.74) is 0. The van der Waals surface area contributed by atoms with E-state index in [1.165, 1.54) is 154 Å². The maximum atomic E-state index is 12.8. The summed E-state index contributed by atoms with van der Waals surface area (Å²) in [5.74, 6) is -0.819. The van der Waals surface area contributed by atoms with Crippen LogP contribution in [0.5, 0.6) is 0 Å². The second-order valence-corrected chi connectivity index (χ2v) is 24.5. The van der Waals surface area contributed by atoms with Gasteiger partial charge in [-0.15, -0.1) is 0 Å². The number of quaternary nitrogens is 1. The van der Waals surface area contributed by atoms with E-state index < -0.39 is 26.5 Å². The molecule has 0 aliphatic heterocycles. The molecule has 0 radical (unpaired) electrons. The Morgan fingerprint density at radius 2 is 0.675 bits per heavy atom. The van der Waals surface area contributed by atoms with Crippen LogP contribution in [0, 0.1) is 0 Å². The second kappa shape index (κ2) is 60.5. The number of allylic oxidation sites excluding steroid dienone is 16. The fraction of sp³-hybridized carbons (Fsp3) is 0.743. The first-order valence-electron chi connectivity index (χ1n) is 33.0. The third-order valence-electron chi connectivity index (χ3n) is 14.1. The first kappa shape index (κ1) is 76.9. The lowest BCUT2D eigenvalue weighted by Crippen LogP contribution is -2.37. The van der Waals surface area contributed by atoms with Crippen LogP contribution < -0.4 is 0 Å². The lowest BCUT2D eigenvalue weighted by molar-refractivity contribution is -0.870. The molecule has 0 fully saturated rings. The highest BCUT2D eigenvalue weighted by molar-refractivity contribution is 7.47. The number of nitrogens with zero attached hydrogens (tertiary/aromatic N) is 1. The molecule has 462 valence electrons. The maximum absolute atomic E-state index is 12.8. The molecule has 2 unspecified atom stereocenters. The average Bonchev–Trinajstić information content (AvgIpc) is 3.42. The number of esters is 2. The molecule has 9 nitrogen and oxygen atoms in total. The predicted molar refractivity (Wildman–Crippen MR) is 344 cm³/mol. The van der Waals surface area contributed by atoms with E-state index in [-0.39, 0.29) is 32.0 Å². The monoisotopic (exact) mass is 1140 g/mol. The summed E-state index contributed by atoms with van der Waals surface area (Å²) in [6, 6.07) is 0. The molecule has 0 saturated carbocycles. The van der Waals surface area contributed by atoms with Crippen LogP contribution in [0.1, 0.15) is 284 Å². The SMILES string of the molecule is CC/C=C\C/C=C\C/C=C\C/C=C\CCCCCCCCCCCCCCCCCCCCCCCCCCCCC(=O)OC(COC(=O)CCCCCC/C=C\C/C=C\C/C=C\C/C=C\CC)COP(=O)(O)OCC[N+](C)(C)C. The van der Waals surface area contributed by atoms with Crippen molar-refractivity contribution in [3.8, 4) is 0 Å². The van der Waals surface area contributed by atoms with Gasteiger partial charge in [-0.3, -0.25) is 18.6 Å². The van der Waals surface area contributed by atoms with Crippen LogP contribution in [0.4, 0.5) is 0 Å². The summed E-state index contributed by atoms with van der Waals surface area (Å²) in [7, 11) is 1.46. The van der Waals surface area contributed by atoms with Crippen molar-refractivity contribution in [3.05, 3.63) is 97.2 Å². The van der Waals surface area contributed by atoms with Gasteiger partial charge in [-0.05, 0) is 89.9 Å². The number of rotatable bonds is 60. The van der Waals surface area contributed by atoms with Crippen LogP contribution in [0.15, 0.2) is 97.2 Å². The van der Waals surface area contributed by atoms with E-state index in [0.29, 0.717) is 23.9 Å². The van der Waals surface area contributed by atoms with Crippen LogP contribution >= 0.6 is 7.82 Å². The van der Waals surface area contributed by atoms with Gasteiger partial charge in [0.15, 0.2) is 6.10 Å². The Labute approximate surface area is 493 Å². The van der Waals surface area contributed by atoms with Gasteiger partial charge in [0.2, 0.25) is 0 Å². The Hall–Kier alpha value is -3.07. The van der Waals surface area contributed by atoms with Crippen molar-refractivity contribution in [2.24, 2.45) is 0 Å². The predicted octanol–water partition coefficient (Wildman–Crippen LogP) is 21.2. The molecule has 0 aromatic rings. The van der Waals surface area contributed by atoms with E-state index in [1.807, 2.05) is 21.1 Å². The average molecular weight is 1140 g/mol. The molecule has 0 aromatic heterocycles. The molecule has 0 amide bonds. The standard InChI is InChI=1S/C70H124NO8P/c1-6-8-10-12-14-16-18-20-22-24-25-26-27-28-29-30-31-32-33-34-35-36-37-38-39-40-41-42-43-44-45-47-49-51-53-55-57-59-61-63-70(73)79-68(67-78-80(74,75)77-65-64-71(3,4)5)66-76-69(72)62-60-58-56-54-52-50-48-46-23-21-19-17-15-13-11-9-7-2/h8-11,14-17,20-23,25-26,48,50,68H,6-7,12-13,18-19,24,27-47,49,51-67H2,1-5H3/p+1/b10-8-,11-9-,16-14-,17-15-,22-20-,23-21-,26-25-,50-48-. The number of phosphoric ester groups is 1. The molecule has 0 rings (SSSR count). The van der Waals surface area contributed by atoms with Crippen molar-refractivity contribution < 1.29 is 42.1 Å². The van der Waals surface area contributed by atoms with Gasteiger partial charge < -0.3 is 18.9 Å². The van der Waals surface area contributed by atoms with E-state index >= 15 is 0 Å². The van der Waals surface area contributed by atoms with Gasteiger partial charge in [0, 0.05) is 12.8 Å². The van der Waals surface area contributed by atoms with E-state index in [4.69, 9.17) is 18.5 Å². The zero-order valence-electron chi connectivity index (χ0n) is 52.5. The lowest BCUT2D eigenvalue weighted by Gasteiger charge is -2.24. The largest absolute Gasteiger partial charge is 0.472 e. The normalized spacial score (nSPS) is 13.8. The Bertz CT molecular complexity index is 1670. The minimum atomic E-state index is -4.40. The minimum absolute atomic E-state index is 0.0254. The second-order valence-electron chi connectivity index (χ2n) is 23.1. The van der Waals surface area contributed by atoms with Gasteiger partial charge in [0.25, 0.3) is 0 Å². The van der Waals surface area contributed by atoms with Gasteiger partial charge >= 0.3 is 19.8 Å². The highest BCUT2D eigenvalue weighted by Gasteiger charge is 2.27. The summed E-state index contributed by atoms with van der Waals surface area (Å²) in [4.78, 5) is 35.7. The van der Waals surface area contributed by atoms with E-state index in [9.17, 15) is 19.0 Å². The fourth-order valence-corrected chi connectivity index (χ4v) is 9.86. The molecule has 0 aliphatic carbocycles. The third-order valence-corrected chi connectivity index (χ3v) is 15.1.